The molecule has 4 heteroatoms. The lowest BCUT2D eigenvalue weighted by Crippen LogP contribution is -2.20. The summed E-state index contributed by atoms with van der Waals surface area (Å²) in [6.45, 7) is 2.19. The van der Waals surface area contributed by atoms with Crippen LogP contribution < -0.4 is 0 Å². The van der Waals surface area contributed by atoms with Crippen LogP contribution in [0.5, 0.6) is 0 Å². The van der Waals surface area contributed by atoms with Gasteiger partial charge >= 0.3 is 0 Å². The smallest absolute Gasteiger partial charge is 0.192 e. The maximum atomic E-state index is 12.4. The molecule has 0 saturated carbocycles. The van der Waals surface area contributed by atoms with Gasteiger partial charge in [-0.05, 0) is 30.2 Å². The van der Waals surface area contributed by atoms with Crippen LogP contribution in [0.1, 0.15) is 27.0 Å². The Bertz CT molecular complexity index is 690. The lowest BCUT2D eigenvalue weighted by molar-refractivity contribution is 0.0385. The molecule has 1 unspecified atom stereocenters. The average molecular weight is 321 g/mol. The van der Waals surface area contributed by atoms with E-state index in [1.807, 2.05) is 25.1 Å². The van der Waals surface area contributed by atoms with Crippen LogP contribution in [0.25, 0.3) is 0 Å². The summed E-state index contributed by atoms with van der Waals surface area (Å²) in [5.74, 6) is 0.0475. The lowest BCUT2D eigenvalue weighted by atomic mass is 10.0. The molecule has 21 heavy (non-hydrogen) atoms. The Balaban J connectivity index is 1.77. The van der Waals surface area contributed by atoms with E-state index < -0.39 is 6.10 Å². The molecule has 0 bridgehead atoms. The van der Waals surface area contributed by atoms with E-state index in [2.05, 4.69) is 0 Å². The summed E-state index contributed by atoms with van der Waals surface area (Å²) >= 11 is 12.2. The van der Waals surface area contributed by atoms with Crippen molar-refractivity contribution in [2.75, 3.05) is 0 Å². The Morgan fingerprint density at radius 3 is 2.48 bits per heavy atom. The first-order valence-corrected chi connectivity index (χ1v) is 7.50. The number of hydrogen-bond donors (Lipinski definition) is 0. The van der Waals surface area contributed by atoms with E-state index in [1.54, 1.807) is 18.2 Å². The standard InChI is InChI=1S/C17H14Cl2O2/c1-10-4-2-5-11-8-15(17(20)16(10)11)21-9-12-13(18)6-3-7-14(12)19/h2-7,15H,8-9H2,1H3. The number of carbonyl (C=O) groups is 1. The van der Waals surface area contributed by atoms with Gasteiger partial charge in [-0.15, -0.1) is 0 Å². The van der Waals surface area contributed by atoms with Crippen molar-refractivity contribution in [1.29, 1.82) is 0 Å². The third kappa shape index (κ3) is 2.71. The molecule has 0 aromatic heterocycles. The van der Waals surface area contributed by atoms with Gasteiger partial charge in [-0.1, -0.05) is 47.5 Å². The molecule has 108 valence electrons. The van der Waals surface area contributed by atoms with Crippen LogP contribution in [0.2, 0.25) is 10.0 Å². The quantitative estimate of drug-likeness (QED) is 0.824. The largest absolute Gasteiger partial charge is 0.365 e. The number of benzene rings is 2. The van der Waals surface area contributed by atoms with Crippen LogP contribution in [0.15, 0.2) is 36.4 Å². The number of Topliss-reactive ketones (excluding diaryl/α,β-unsaturated/α-hetero) is 1. The average Bonchev–Trinajstić information content (AvgIpc) is 2.76. The van der Waals surface area contributed by atoms with E-state index in [4.69, 9.17) is 27.9 Å². The minimum Gasteiger partial charge on any atom is -0.365 e. The van der Waals surface area contributed by atoms with E-state index in [0.717, 1.165) is 22.3 Å². The van der Waals surface area contributed by atoms with Gasteiger partial charge in [0.2, 0.25) is 0 Å². The van der Waals surface area contributed by atoms with Crippen molar-refractivity contribution in [3.63, 3.8) is 0 Å². The number of fused-ring (bicyclic) bond motifs is 1. The summed E-state index contributed by atoms with van der Waals surface area (Å²) in [6, 6.07) is 11.2. The molecule has 1 aliphatic carbocycles. The van der Waals surface area contributed by atoms with E-state index in [0.29, 0.717) is 16.5 Å². The maximum absolute atomic E-state index is 12.4. The Hall–Kier alpha value is -1.35. The fourth-order valence-electron chi connectivity index (χ4n) is 2.69. The molecule has 1 aliphatic rings. The molecule has 0 spiro atoms. The molecule has 2 aromatic rings. The van der Waals surface area contributed by atoms with Gasteiger partial charge in [0.1, 0.15) is 6.10 Å². The zero-order valence-electron chi connectivity index (χ0n) is 11.5. The van der Waals surface area contributed by atoms with Crippen LogP contribution in [-0.2, 0) is 17.8 Å². The van der Waals surface area contributed by atoms with Crippen molar-refractivity contribution >= 4 is 29.0 Å². The van der Waals surface area contributed by atoms with Crippen molar-refractivity contribution in [2.45, 2.75) is 26.1 Å². The molecule has 0 amide bonds. The van der Waals surface area contributed by atoms with Crippen LogP contribution in [-0.4, -0.2) is 11.9 Å². The fourth-order valence-corrected chi connectivity index (χ4v) is 3.20. The van der Waals surface area contributed by atoms with Gasteiger partial charge in [-0.2, -0.15) is 0 Å². The highest BCUT2D eigenvalue weighted by Gasteiger charge is 2.32. The van der Waals surface area contributed by atoms with Crippen LogP contribution >= 0.6 is 23.2 Å². The molecule has 0 N–H and O–H groups in total. The molecule has 2 nitrogen and oxygen atoms in total. The van der Waals surface area contributed by atoms with Gasteiger partial charge in [0.05, 0.1) is 6.61 Å². The zero-order valence-corrected chi connectivity index (χ0v) is 13.0. The number of carbonyl (C=O) groups excluding carboxylic acids is 1. The first-order chi connectivity index (χ1) is 10.1. The van der Waals surface area contributed by atoms with E-state index in [-0.39, 0.29) is 12.4 Å². The summed E-state index contributed by atoms with van der Waals surface area (Å²) in [6.07, 6.45) is 0.159. The molecule has 3 rings (SSSR count). The monoisotopic (exact) mass is 320 g/mol. The van der Waals surface area contributed by atoms with Gasteiger partial charge in [0, 0.05) is 27.6 Å². The number of rotatable bonds is 3. The van der Waals surface area contributed by atoms with Crippen molar-refractivity contribution in [3.05, 3.63) is 68.7 Å². The highest BCUT2D eigenvalue weighted by atomic mass is 35.5. The Morgan fingerprint density at radius 1 is 1.14 bits per heavy atom. The van der Waals surface area contributed by atoms with Gasteiger partial charge in [0.15, 0.2) is 5.78 Å². The Morgan fingerprint density at radius 2 is 1.81 bits per heavy atom. The summed E-state index contributed by atoms with van der Waals surface area (Å²) in [7, 11) is 0. The van der Waals surface area contributed by atoms with Crippen molar-refractivity contribution in [1.82, 2.24) is 0 Å². The second-order valence-electron chi connectivity index (χ2n) is 5.18. The summed E-state index contributed by atoms with van der Waals surface area (Å²) in [4.78, 5) is 12.4. The molecule has 0 saturated heterocycles. The number of hydrogen-bond acceptors (Lipinski definition) is 2. The van der Waals surface area contributed by atoms with Gasteiger partial charge in [-0.25, -0.2) is 0 Å². The number of ether oxygens (including phenoxy) is 1. The van der Waals surface area contributed by atoms with Crippen molar-refractivity contribution in [3.8, 4) is 0 Å². The SMILES string of the molecule is Cc1cccc2c1C(=O)C(OCc1c(Cl)cccc1Cl)C2. The second kappa shape index (κ2) is 5.80. The normalized spacial score (nSPS) is 17.1. The van der Waals surface area contributed by atoms with Crippen molar-refractivity contribution in [2.24, 2.45) is 0 Å². The molecule has 0 radical (unpaired) electrons. The molecule has 0 heterocycles. The van der Waals surface area contributed by atoms with Crippen molar-refractivity contribution < 1.29 is 9.53 Å². The molecule has 2 aromatic carbocycles. The molecule has 0 aliphatic heterocycles. The first kappa shape index (κ1) is 14.6. The molecular formula is C17H14Cl2O2. The lowest BCUT2D eigenvalue weighted by Gasteiger charge is -2.12. The minimum atomic E-state index is -0.451. The van der Waals surface area contributed by atoms with E-state index >= 15 is 0 Å². The Kier molecular flexibility index (Phi) is 4.03. The third-order valence-corrected chi connectivity index (χ3v) is 4.50. The highest BCUT2D eigenvalue weighted by Crippen LogP contribution is 2.30. The number of aryl methyl sites for hydroxylation is 1. The zero-order chi connectivity index (χ0) is 15.0. The summed E-state index contributed by atoms with van der Waals surface area (Å²) < 4.78 is 5.78. The Labute approximate surface area is 133 Å². The topological polar surface area (TPSA) is 26.3 Å². The minimum absolute atomic E-state index is 0.0475. The maximum Gasteiger partial charge on any atom is 0.192 e. The van der Waals surface area contributed by atoms with Gasteiger partial charge < -0.3 is 4.74 Å². The van der Waals surface area contributed by atoms with Crippen LogP contribution in [0.3, 0.4) is 0 Å². The second-order valence-corrected chi connectivity index (χ2v) is 5.99. The summed E-state index contributed by atoms with van der Waals surface area (Å²) in [5, 5.41) is 1.11. The first-order valence-electron chi connectivity index (χ1n) is 6.75. The molecule has 0 fully saturated rings. The van der Waals surface area contributed by atoms with E-state index in [1.165, 1.54) is 0 Å². The number of ketones is 1. The molecular weight excluding hydrogens is 307 g/mol. The van der Waals surface area contributed by atoms with Crippen LogP contribution in [0.4, 0.5) is 0 Å². The van der Waals surface area contributed by atoms with Gasteiger partial charge in [-0.3, -0.25) is 4.79 Å². The third-order valence-electron chi connectivity index (χ3n) is 3.79. The molecule has 1 atom stereocenters. The predicted octanol–water partition coefficient (Wildman–Crippen LogP) is 4.63. The predicted molar refractivity (Wildman–Crippen MR) is 84.3 cm³/mol. The summed E-state index contributed by atoms with van der Waals surface area (Å²) in [5.41, 5.74) is 3.57. The fraction of sp³-hybridized carbons (Fsp3) is 0.235. The van der Waals surface area contributed by atoms with E-state index in [9.17, 15) is 4.79 Å². The van der Waals surface area contributed by atoms with Crippen LogP contribution in [0, 0.1) is 6.92 Å². The van der Waals surface area contributed by atoms with Gasteiger partial charge in [0.25, 0.3) is 0 Å². The number of halogens is 2. The highest BCUT2D eigenvalue weighted by molar-refractivity contribution is 6.35.